The van der Waals surface area contributed by atoms with Crippen LogP contribution in [-0.4, -0.2) is 62.4 Å². The van der Waals surface area contributed by atoms with Gasteiger partial charge < -0.3 is 14.2 Å². The van der Waals surface area contributed by atoms with E-state index in [1.165, 1.54) is 12.4 Å². The summed E-state index contributed by atoms with van der Waals surface area (Å²) in [6.45, 7) is 7.12. The maximum atomic E-state index is 13.9. The molecule has 206 valence electrons. The minimum atomic E-state index is -3.58. The number of benzene rings is 1. The highest BCUT2D eigenvalue weighted by Gasteiger charge is 2.29. The molecule has 0 unspecified atom stereocenters. The van der Waals surface area contributed by atoms with Gasteiger partial charge in [0.25, 0.3) is 15.9 Å². The van der Waals surface area contributed by atoms with Crippen molar-refractivity contribution >= 4 is 15.9 Å². The van der Waals surface area contributed by atoms with Gasteiger partial charge in [-0.1, -0.05) is 0 Å². The Labute approximate surface area is 232 Å². The molecule has 1 aliphatic rings. The van der Waals surface area contributed by atoms with E-state index in [1.807, 2.05) is 36.7 Å². The van der Waals surface area contributed by atoms with Crippen LogP contribution in [0.2, 0.25) is 0 Å². The standard InChI is InChI=1S/C28H29N7O4S/c1-5-39-27-12-22(31-14-21(27)13-29)16-34-8-6-23-24(26-17-35(32-18(26)2)40(4,37)38)10-20(11-25(23)28(34)36)15-33-9-7-30-19(33)3/h7,9-12,14,17H,5-6,8,15-16H2,1-4H3. The lowest BCUT2D eigenvalue weighted by Crippen LogP contribution is -2.37. The zero-order valence-corrected chi connectivity index (χ0v) is 23.6. The van der Waals surface area contributed by atoms with Crippen molar-refractivity contribution in [2.24, 2.45) is 0 Å². The average molecular weight is 560 g/mol. The molecular formula is C28H29N7O4S. The third-order valence-electron chi connectivity index (χ3n) is 6.94. The van der Waals surface area contributed by atoms with Crippen LogP contribution < -0.4 is 4.74 Å². The van der Waals surface area contributed by atoms with Crippen LogP contribution in [0.4, 0.5) is 0 Å². The molecule has 12 heteroatoms. The number of hydrogen-bond donors (Lipinski definition) is 0. The highest BCUT2D eigenvalue weighted by atomic mass is 32.2. The fourth-order valence-corrected chi connectivity index (χ4v) is 5.52. The Morgan fingerprint density at radius 1 is 1.10 bits per heavy atom. The van der Waals surface area contributed by atoms with Crippen LogP contribution in [0.1, 0.15) is 51.2 Å². The second kappa shape index (κ2) is 10.6. The first kappa shape index (κ1) is 27.1. The maximum Gasteiger partial charge on any atom is 0.254 e. The summed E-state index contributed by atoms with van der Waals surface area (Å²) in [5, 5.41) is 13.6. The molecule has 4 aromatic rings. The first-order valence-electron chi connectivity index (χ1n) is 12.8. The number of imidazole rings is 1. The number of rotatable bonds is 8. The van der Waals surface area contributed by atoms with Crippen LogP contribution >= 0.6 is 0 Å². The highest BCUT2D eigenvalue weighted by molar-refractivity contribution is 7.89. The molecule has 0 bridgehead atoms. The van der Waals surface area contributed by atoms with Gasteiger partial charge in [-0.25, -0.2) is 13.4 Å². The van der Waals surface area contributed by atoms with Gasteiger partial charge >= 0.3 is 0 Å². The van der Waals surface area contributed by atoms with E-state index >= 15 is 0 Å². The lowest BCUT2D eigenvalue weighted by Gasteiger charge is -2.30. The first-order chi connectivity index (χ1) is 19.1. The summed E-state index contributed by atoms with van der Waals surface area (Å²) in [4.78, 5) is 24.3. The Morgan fingerprint density at radius 2 is 1.88 bits per heavy atom. The van der Waals surface area contributed by atoms with Gasteiger partial charge in [0.15, 0.2) is 0 Å². The molecular weight excluding hydrogens is 530 g/mol. The predicted octanol–water partition coefficient (Wildman–Crippen LogP) is 3.08. The average Bonchev–Trinajstić information content (AvgIpc) is 3.51. The number of carbonyl (C=O) groups excluding carboxylic acids is 1. The maximum absolute atomic E-state index is 13.9. The van der Waals surface area contributed by atoms with Crippen LogP contribution in [0, 0.1) is 25.2 Å². The number of amides is 1. The SMILES string of the molecule is CCOc1cc(CN2CCc3c(cc(Cn4ccnc4C)cc3-c3cn(S(C)(=O)=O)nc3C)C2=O)ncc1C#N. The van der Waals surface area contributed by atoms with Gasteiger partial charge in [0.2, 0.25) is 0 Å². The Morgan fingerprint density at radius 3 is 2.52 bits per heavy atom. The molecule has 0 aliphatic carbocycles. The Kier molecular flexibility index (Phi) is 7.16. The largest absolute Gasteiger partial charge is 0.492 e. The van der Waals surface area contributed by atoms with Crippen LogP contribution in [0.3, 0.4) is 0 Å². The summed E-state index contributed by atoms with van der Waals surface area (Å²) in [6.07, 6.45) is 8.25. The number of carbonyl (C=O) groups is 1. The Balaban J connectivity index is 1.56. The zero-order valence-electron chi connectivity index (χ0n) is 22.7. The molecule has 1 aromatic carbocycles. The van der Waals surface area contributed by atoms with E-state index in [-0.39, 0.29) is 12.5 Å². The van der Waals surface area contributed by atoms with Crippen molar-refractivity contribution in [1.82, 2.24) is 28.6 Å². The summed E-state index contributed by atoms with van der Waals surface area (Å²) < 4.78 is 33.0. The number of nitriles is 1. The number of ether oxygens (including phenoxy) is 1. The summed E-state index contributed by atoms with van der Waals surface area (Å²) in [5.74, 6) is 1.13. The molecule has 0 fully saturated rings. The number of nitrogens with zero attached hydrogens (tertiary/aromatic N) is 7. The number of pyridine rings is 1. The van der Waals surface area contributed by atoms with E-state index in [0.29, 0.717) is 59.9 Å². The summed E-state index contributed by atoms with van der Waals surface area (Å²) in [7, 11) is -3.58. The fraction of sp³-hybridized carbons (Fsp3) is 0.321. The van der Waals surface area contributed by atoms with Crippen molar-refractivity contribution in [3.05, 3.63) is 82.5 Å². The molecule has 0 saturated heterocycles. The number of fused-ring (bicyclic) bond motifs is 1. The van der Waals surface area contributed by atoms with Gasteiger partial charge in [0.1, 0.15) is 23.2 Å². The molecule has 40 heavy (non-hydrogen) atoms. The summed E-state index contributed by atoms with van der Waals surface area (Å²) in [6, 6.07) is 7.70. The molecule has 5 rings (SSSR count). The van der Waals surface area contributed by atoms with Crippen molar-refractivity contribution < 1.29 is 17.9 Å². The Hall–Kier alpha value is -4.50. The van der Waals surface area contributed by atoms with Crippen molar-refractivity contribution in [3.63, 3.8) is 0 Å². The van der Waals surface area contributed by atoms with E-state index in [9.17, 15) is 18.5 Å². The van der Waals surface area contributed by atoms with Crippen molar-refractivity contribution in [2.75, 3.05) is 19.4 Å². The van der Waals surface area contributed by atoms with Crippen molar-refractivity contribution in [2.45, 2.75) is 40.3 Å². The lowest BCUT2D eigenvalue weighted by atomic mass is 9.88. The first-order valence-corrected chi connectivity index (χ1v) is 14.7. The molecule has 1 amide bonds. The van der Waals surface area contributed by atoms with Gasteiger partial charge in [0.05, 0.1) is 37.0 Å². The van der Waals surface area contributed by atoms with Gasteiger partial charge in [-0.05, 0) is 56.0 Å². The van der Waals surface area contributed by atoms with Crippen molar-refractivity contribution in [3.8, 4) is 22.9 Å². The van der Waals surface area contributed by atoms with E-state index in [4.69, 9.17) is 4.74 Å². The lowest BCUT2D eigenvalue weighted by molar-refractivity contribution is 0.0724. The zero-order chi connectivity index (χ0) is 28.6. The molecule has 0 spiro atoms. The second-order valence-electron chi connectivity index (χ2n) is 9.73. The molecule has 4 heterocycles. The monoisotopic (exact) mass is 559 g/mol. The van der Waals surface area contributed by atoms with E-state index in [0.717, 1.165) is 32.9 Å². The van der Waals surface area contributed by atoms with Gasteiger partial charge in [-0.2, -0.15) is 14.4 Å². The van der Waals surface area contributed by atoms with E-state index in [1.54, 1.807) is 24.1 Å². The minimum absolute atomic E-state index is 0.149. The third kappa shape index (κ3) is 5.20. The van der Waals surface area contributed by atoms with Crippen LogP contribution in [0.25, 0.3) is 11.1 Å². The van der Waals surface area contributed by atoms with Gasteiger partial charge in [0, 0.05) is 48.9 Å². The minimum Gasteiger partial charge on any atom is -0.492 e. The topological polar surface area (TPSA) is 136 Å². The Bertz CT molecular complexity index is 1770. The molecule has 3 aromatic heterocycles. The molecule has 0 atom stereocenters. The van der Waals surface area contributed by atoms with Gasteiger partial charge in [-0.15, -0.1) is 0 Å². The smallest absolute Gasteiger partial charge is 0.254 e. The van der Waals surface area contributed by atoms with Crippen LogP contribution in [-0.2, 0) is 29.5 Å². The van der Waals surface area contributed by atoms with Crippen LogP contribution in [0.5, 0.6) is 5.75 Å². The van der Waals surface area contributed by atoms with Crippen molar-refractivity contribution in [1.29, 1.82) is 5.26 Å². The molecule has 0 radical (unpaired) electrons. The fourth-order valence-electron chi connectivity index (χ4n) is 4.95. The molecule has 0 saturated carbocycles. The summed E-state index contributed by atoms with van der Waals surface area (Å²) in [5.41, 5.74) is 5.27. The molecule has 11 nitrogen and oxygen atoms in total. The van der Waals surface area contributed by atoms with E-state index in [2.05, 4.69) is 21.1 Å². The summed E-state index contributed by atoms with van der Waals surface area (Å²) >= 11 is 0. The van der Waals surface area contributed by atoms with E-state index < -0.39 is 10.0 Å². The number of hydrogen-bond acceptors (Lipinski definition) is 8. The second-order valence-corrected chi connectivity index (χ2v) is 11.6. The number of aromatic nitrogens is 5. The molecule has 1 aliphatic heterocycles. The number of aryl methyl sites for hydroxylation is 2. The van der Waals surface area contributed by atoms with Crippen LogP contribution in [0.15, 0.2) is 43.0 Å². The molecule has 0 N–H and O–H groups in total. The quantitative estimate of drug-likeness (QED) is 0.321. The van der Waals surface area contributed by atoms with Gasteiger partial charge in [-0.3, -0.25) is 9.78 Å². The third-order valence-corrected chi connectivity index (χ3v) is 7.81. The normalized spacial score (nSPS) is 13.3. The predicted molar refractivity (Wildman–Crippen MR) is 147 cm³/mol. The highest BCUT2D eigenvalue weighted by Crippen LogP contribution is 2.34.